The Kier molecular flexibility index (Phi) is 7.00. The summed E-state index contributed by atoms with van der Waals surface area (Å²) in [5.41, 5.74) is 0. The number of carbonyl (C=O) groups excluding carboxylic acids is 1. The fraction of sp³-hybridized carbons (Fsp3) is 0.750. The van der Waals surface area contributed by atoms with E-state index in [1.54, 1.807) is 6.92 Å². The van der Waals surface area contributed by atoms with Crippen LogP contribution in [0, 0.1) is 0 Å². The van der Waals surface area contributed by atoms with Crippen LogP contribution in [0.3, 0.4) is 0 Å². The molecular weight excluding hydrogens is 206 g/mol. The molecule has 0 radical (unpaired) electrons. The highest BCUT2D eigenvalue weighted by Crippen LogP contribution is 2.01. The van der Waals surface area contributed by atoms with Crippen LogP contribution < -0.4 is 5.32 Å². The Morgan fingerprint density at radius 1 is 1.57 bits per heavy atom. The molecule has 1 amide bonds. The van der Waals surface area contributed by atoms with Gasteiger partial charge in [0.1, 0.15) is 6.04 Å². The van der Waals surface area contributed by atoms with E-state index >= 15 is 0 Å². The molecule has 0 aliphatic carbocycles. The predicted octanol–water partition coefficient (Wildman–Crippen LogP) is 0.939. The molecule has 0 fully saturated rings. The molecule has 0 saturated carbocycles. The van der Waals surface area contributed by atoms with Gasteiger partial charge in [0.25, 0.3) is 0 Å². The van der Waals surface area contributed by atoms with Gasteiger partial charge in [-0.25, -0.2) is 9.59 Å². The second-order valence-corrected chi connectivity index (χ2v) is 3.52. The van der Waals surface area contributed by atoms with Gasteiger partial charge in [-0.15, -0.1) is 0 Å². The minimum atomic E-state index is -1.04. The van der Waals surface area contributed by atoms with Gasteiger partial charge in [-0.2, -0.15) is 11.8 Å². The predicted molar refractivity (Wildman–Crippen MR) is 54.6 cm³/mol. The molecule has 0 bridgehead atoms. The standard InChI is InChI=1S/C8H15NO4S/c1-3-13-8(12)9-6(7(10)11)4-5-14-2/h6H,3-5H2,1-2H3,(H,9,12)(H,10,11)/t6-/m0/s1. The molecule has 0 rings (SSSR count). The minimum Gasteiger partial charge on any atom is -0.480 e. The van der Waals surface area contributed by atoms with Gasteiger partial charge in [-0.3, -0.25) is 0 Å². The summed E-state index contributed by atoms with van der Waals surface area (Å²) in [6, 6.07) is -0.860. The van der Waals surface area contributed by atoms with Crippen molar-refractivity contribution in [3.8, 4) is 0 Å². The summed E-state index contributed by atoms with van der Waals surface area (Å²) in [5.74, 6) is -0.351. The van der Waals surface area contributed by atoms with E-state index in [4.69, 9.17) is 5.11 Å². The Morgan fingerprint density at radius 3 is 2.64 bits per heavy atom. The number of hydrogen-bond donors (Lipinski definition) is 2. The fourth-order valence-electron chi connectivity index (χ4n) is 0.808. The zero-order valence-electron chi connectivity index (χ0n) is 8.28. The highest BCUT2D eigenvalue weighted by Gasteiger charge is 2.19. The first kappa shape index (κ1) is 13.1. The number of hydrogen-bond acceptors (Lipinski definition) is 4. The number of rotatable bonds is 6. The molecular formula is C8H15NO4S. The average molecular weight is 221 g/mol. The Hall–Kier alpha value is -0.910. The first-order valence-corrected chi connectivity index (χ1v) is 5.66. The maximum absolute atomic E-state index is 10.9. The average Bonchev–Trinajstić information content (AvgIpc) is 2.12. The Labute approximate surface area is 87.2 Å². The first-order chi connectivity index (χ1) is 6.61. The molecule has 0 spiro atoms. The first-order valence-electron chi connectivity index (χ1n) is 4.26. The highest BCUT2D eigenvalue weighted by atomic mass is 32.2. The van der Waals surface area contributed by atoms with Crippen molar-refractivity contribution in [3.63, 3.8) is 0 Å². The molecule has 0 unspecified atom stereocenters. The van der Waals surface area contributed by atoms with Crippen LogP contribution in [0.15, 0.2) is 0 Å². The summed E-state index contributed by atoms with van der Waals surface area (Å²) in [5, 5.41) is 11.0. The summed E-state index contributed by atoms with van der Waals surface area (Å²) in [7, 11) is 0. The maximum Gasteiger partial charge on any atom is 0.407 e. The van der Waals surface area contributed by atoms with Crippen LogP contribution in [-0.2, 0) is 9.53 Å². The normalized spacial score (nSPS) is 11.9. The second kappa shape index (κ2) is 7.49. The molecule has 0 heterocycles. The third-order valence-corrected chi connectivity index (χ3v) is 2.12. The summed E-state index contributed by atoms with van der Waals surface area (Å²) in [4.78, 5) is 21.6. The van der Waals surface area contributed by atoms with Crippen LogP contribution in [0.4, 0.5) is 4.79 Å². The van der Waals surface area contributed by atoms with Gasteiger partial charge in [0.05, 0.1) is 6.61 Å². The third-order valence-electron chi connectivity index (χ3n) is 1.48. The minimum absolute atomic E-state index is 0.237. The van der Waals surface area contributed by atoms with Crippen molar-refractivity contribution in [2.75, 3.05) is 18.6 Å². The largest absolute Gasteiger partial charge is 0.480 e. The summed E-state index contributed by atoms with van der Waals surface area (Å²) in [6.45, 7) is 1.90. The highest BCUT2D eigenvalue weighted by molar-refractivity contribution is 7.98. The fourth-order valence-corrected chi connectivity index (χ4v) is 1.28. The van der Waals surface area contributed by atoms with E-state index in [1.165, 1.54) is 11.8 Å². The van der Waals surface area contributed by atoms with Crippen LogP contribution in [0.2, 0.25) is 0 Å². The molecule has 2 N–H and O–H groups in total. The lowest BCUT2D eigenvalue weighted by Gasteiger charge is -2.13. The molecule has 0 saturated heterocycles. The van der Waals surface area contributed by atoms with Crippen molar-refractivity contribution in [3.05, 3.63) is 0 Å². The molecule has 6 heteroatoms. The van der Waals surface area contributed by atoms with Gasteiger partial charge in [0, 0.05) is 0 Å². The quantitative estimate of drug-likeness (QED) is 0.698. The van der Waals surface area contributed by atoms with Crippen molar-refractivity contribution >= 4 is 23.8 Å². The monoisotopic (exact) mass is 221 g/mol. The number of aliphatic carboxylic acids is 1. The molecule has 0 aliphatic rings. The Morgan fingerprint density at radius 2 is 2.21 bits per heavy atom. The summed E-state index contributed by atoms with van der Waals surface area (Å²) >= 11 is 1.53. The molecule has 0 aromatic carbocycles. The van der Waals surface area contributed by atoms with E-state index in [9.17, 15) is 9.59 Å². The molecule has 0 aliphatic heterocycles. The van der Waals surface area contributed by atoms with Gasteiger partial charge < -0.3 is 15.2 Å². The Bertz CT molecular complexity index is 198. The van der Waals surface area contributed by atoms with Crippen molar-refractivity contribution in [2.45, 2.75) is 19.4 Å². The van der Waals surface area contributed by atoms with Gasteiger partial charge in [-0.1, -0.05) is 0 Å². The van der Waals surface area contributed by atoms with E-state index in [2.05, 4.69) is 10.1 Å². The Balaban J connectivity index is 3.95. The molecule has 0 aromatic heterocycles. The lowest BCUT2D eigenvalue weighted by Crippen LogP contribution is -2.41. The van der Waals surface area contributed by atoms with E-state index in [1.807, 2.05) is 6.26 Å². The topological polar surface area (TPSA) is 75.6 Å². The molecule has 0 aromatic rings. The zero-order chi connectivity index (χ0) is 11.0. The zero-order valence-corrected chi connectivity index (χ0v) is 9.10. The van der Waals surface area contributed by atoms with Crippen LogP contribution >= 0.6 is 11.8 Å². The number of alkyl carbamates (subject to hydrolysis) is 1. The smallest absolute Gasteiger partial charge is 0.407 e. The van der Waals surface area contributed by atoms with Gasteiger partial charge in [-0.05, 0) is 25.4 Å². The van der Waals surface area contributed by atoms with E-state index in [0.717, 1.165) is 0 Å². The van der Waals surface area contributed by atoms with Crippen LogP contribution in [-0.4, -0.2) is 41.8 Å². The lowest BCUT2D eigenvalue weighted by molar-refractivity contribution is -0.139. The van der Waals surface area contributed by atoms with Crippen molar-refractivity contribution in [1.82, 2.24) is 5.32 Å². The van der Waals surface area contributed by atoms with Crippen LogP contribution in [0.5, 0.6) is 0 Å². The van der Waals surface area contributed by atoms with Crippen LogP contribution in [0.1, 0.15) is 13.3 Å². The number of amides is 1. The molecule has 14 heavy (non-hydrogen) atoms. The third kappa shape index (κ3) is 5.69. The van der Waals surface area contributed by atoms with Gasteiger partial charge in [0.2, 0.25) is 0 Å². The molecule has 82 valence electrons. The van der Waals surface area contributed by atoms with Gasteiger partial charge >= 0.3 is 12.1 Å². The second-order valence-electron chi connectivity index (χ2n) is 2.54. The number of ether oxygens (including phenoxy) is 1. The van der Waals surface area contributed by atoms with E-state index < -0.39 is 18.1 Å². The van der Waals surface area contributed by atoms with Crippen molar-refractivity contribution < 1.29 is 19.4 Å². The summed E-state index contributed by atoms with van der Waals surface area (Å²) in [6.07, 6.45) is 1.60. The molecule has 5 nitrogen and oxygen atoms in total. The summed E-state index contributed by atoms with van der Waals surface area (Å²) < 4.78 is 4.58. The molecule has 1 atom stereocenters. The number of carboxylic acid groups (broad SMARTS) is 1. The van der Waals surface area contributed by atoms with Gasteiger partial charge in [0.15, 0.2) is 0 Å². The van der Waals surface area contributed by atoms with Crippen LogP contribution in [0.25, 0.3) is 0 Å². The van der Waals surface area contributed by atoms with E-state index in [0.29, 0.717) is 12.2 Å². The maximum atomic E-state index is 10.9. The number of carbonyl (C=O) groups is 2. The van der Waals surface area contributed by atoms with Crippen molar-refractivity contribution in [1.29, 1.82) is 0 Å². The lowest BCUT2D eigenvalue weighted by atomic mass is 10.2. The SMILES string of the molecule is CCOC(=O)N[C@@H](CCSC)C(=O)O. The van der Waals surface area contributed by atoms with Crippen molar-refractivity contribution in [2.24, 2.45) is 0 Å². The number of carboxylic acids is 1. The van der Waals surface area contributed by atoms with E-state index in [-0.39, 0.29) is 6.61 Å². The number of thioether (sulfide) groups is 1. The number of nitrogens with one attached hydrogen (secondary N) is 1.